The minimum absolute atomic E-state index is 0.126. The summed E-state index contributed by atoms with van der Waals surface area (Å²) in [6.45, 7) is 9.49. The highest BCUT2D eigenvalue weighted by Gasteiger charge is 2.40. The number of piperidine rings is 3. The summed E-state index contributed by atoms with van der Waals surface area (Å²) in [6.07, 6.45) is 2.44. The third-order valence-electron chi connectivity index (χ3n) is 6.85. The van der Waals surface area contributed by atoms with E-state index < -0.39 is 0 Å². The molecule has 4 saturated heterocycles. The number of nitrogens with one attached hydrogen (secondary N) is 2. The van der Waals surface area contributed by atoms with Crippen molar-refractivity contribution in [1.82, 2.24) is 20.0 Å². The van der Waals surface area contributed by atoms with Crippen molar-refractivity contribution in [2.45, 2.75) is 25.8 Å². The molecule has 1 aromatic rings. The van der Waals surface area contributed by atoms with E-state index in [0.29, 0.717) is 18.5 Å². The van der Waals surface area contributed by atoms with E-state index in [1.807, 2.05) is 35.2 Å². The molecule has 2 bridgehead atoms. The number of benzene rings is 1. The summed E-state index contributed by atoms with van der Waals surface area (Å²) in [5.41, 5.74) is 0.820. The van der Waals surface area contributed by atoms with Crippen molar-refractivity contribution in [3.05, 3.63) is 30.3 Å². The van der Waals surface area contributed by atoms with Gasteiger partial charge in [0.15, 0.2) is 0 Å². The average Bonchev–Trinajstić information content (AvgIpc) is 2.74. The van der Waals surface area contributed by atoms with Gasteiger partial charge >= 0.3 is 6.03 Å². The second-order valence-corrected chi connectivity index (χ2v) is 8.70. The average molecular weight is 400 g/mol. The van der Waals surface area contributed by atoms with Crippen LogP contribution in [0.2, 0.25) is 0 Å². The lowest BCUT2D eigenvalue weighted by molar-refractivity contribution is -0.130. The molecule has 4 atom stereocenters. The van der Waals surface area contributed by atoms with Crippen molar-refractivity contribution in [2.75, 3.05) is 57.7 Å². The SMILES string of the molecule is CC(=O)N1CCN(C[C@@H]2CN3CC[C@H]2C[C@@H]3CNC(=O)Nc2ccccc2)CC1. The number of hydrogen-bond acceptors (Lipinski definition) is 4. The van der Waals surface area contributed by atoms with Crippen LogP contribution in [0.25, 0.3) is 0 Å². The van der Waals surface area contributed by atoms with Gasteiger partial charge in [0.1, 0.15) is 0 Å². The third kappa shape index (κ3) is 5.08. The number of anilines is 1. The van der Waals surface area contributed by atoms with Crippen LogP contribution < -0.4 is 10.6 Å². The van der Waals surface area contributed by atoms with Crippen LogP contribution in [0.5, 0.6) is 0 Å². The summed E-state index contributed by atoms with van der Waals surface area (Å²) >= 11 is 0. The lowest BCUT2D eigenvalue weighted by Crippen LogP contribution is -2.59. The van der Waals surface area contributed by atoms with Crippen molar-refractivity contribution >= 4 is 17.6 Å². The van der Waals surface area contributed by atoms with Crippen LogP contribution in [-0.2, 0) is 4.79 Å². The lowest BCUT2D eigenvalue weighted by Gasteiger charge is -2.51. The predicted octanol–water partition coefficient (Wildman–Crippen LogP) is 1.68. The Hall–Kier alpha value is -2.12. The van der Waals surface area contributed by atoms with Crippen LogP contribution in [0.1, 0.15) is 19.8 Å². The Labute approximate surface area is 173 Å². The van der Waals surface area contributed by atoms with E-state index >= 15 is 0 Å². The third-order valence-corrected chi connectivity index (χ3v) is 6.85. The number of amides is 3. The van der Waals surface area contributed by atoms with Gasteiger partial charge < -0.3 is 15.5 Å². The van der Waals surface area contributed by atoms with E-state index in [2.05, 4.69) is 20.4 Å². The summed E-state index contributed by atoms with van der Waals surface area (Å²) in [7, 11) is 0. The number of carbonyl (C=O) groups excluding carboxylic acids is 2. The van der Waals surface area contributed by atoms with Crippen molar-refractivity contribution in [1.29, 1.82) is 0 Å². The molecule has 4 aliphatic heterocycles. The van der Waals surface area contributed by atoms with Crippen molar-refractivity contribution < 1.29 is 9.59 Å². The van der Waals surface area contributed by atoms with Crippen molar-refractivity contribution in [2.24, 2.45) is 11.8 Å². The molecular formula is C22H33N5O2. The topological polar surface area (TPSA) is 67.9 Å². The first-order valence-corrected chi connectivity index (χ1v) is 10.9. The van der Waals surface area contributed by atoms with Gasteiger partial charge in [-0.25, -0.2) is 4.79 Å². The molecule has 158 valence electrons. The van der Waals surface area contributed by atoms with E-state index in [0.717, 1.165) is 57.4 Å². The highest BCUT2D eigenvalue weighted by molar-refractivity contribution is 5.89. The zero-order chi connectivity index (χ0) is 20.2. The molecule has 5 rings (SSSR count). The van der Waals surface area contributed by atoms with Gasteiger partial charge in [0.2, 0.25) is 5.91 Å². The first-order chi connectivity index (χ1) is 14.1. The number of hydrogen-bond donors (Lipinski definition) is 2. The number of nitrogens with zero attached hydrogens (tertiary/aromatic N) is 3. The maximum atomic E-state index is 12.2. The van der Waals surface area contributed by atoms with E-state index in [9.17, 15) is 9.59 Å². The first-order valence-electron chi connectivity index (χ1n) is 10.9. The normalized spacial score (nSPS) is 29.5. The van der Waals surface area contributed by atoms with Crippen LogP contribution in [0.15, 0.2) is 30.3 Å². The fourth-order valence-electron chi connectivity index (χ4n) is 5.15. The Bertz CT molecular complexity index is 704. The molecule has 7 nitrogen and oxygen atoms in total. The van der Waals surface area contributed by atoms with Gasteiger partial charge in [0, 0.05) is 64.5 Å². The minimum atomic E-state index is -0.126. The zero-order valence-electron chi connectivity index (χ0n) is 17.3. The predicted molar refractivity (Wildman–Crippen MR) is 114 cm³/mol. The standard InChI is InChI=1S/C22H33N5O2/c1-17(28)26-11-9-25(10-12-26)15-19-16-27-8-7-18(19)13-21(27)14-23-22(29)24-20-5-3-2-4-6-20/h2-6,18-19,21H,7-16H2,1H3,(H2,23,24,29)/t18-,19+,21+/m0/s1. The van der Waals surface area contributed by atoms with Gasteiger partial charge in [-0.2, -0.15) is 0 Å². The lowest BCUT2D eigenvalue weighted by atomic mass is 9.75. The summed E-state index contributed by atoms with van der Waals surface area (Å²) in [6, 6.07) is 9.89. The largest absolute Gasteiger partial charge is 0.340 e. The molecular weight excluding hydrogens is 366 g/mol. The van der Waals surface area contributed by atoms with Crippen LogP contribution in [0.3, 0.4) is 0 Å². The summed E-state index contributed by atoms with van der Waals surface area (Å²) < 4.78 is 0. The molecule has 4 heterocycles. The molecule has 0 spiro atoms. The molecule has 7 heteroatoms. The summed E-state index contributed by atoms with van der Waals surface area (Å²) in [5.74, 6) is 1.65. The first kappa shape index (κ1) is 20.2. The Balaban J connectivity index is 1.21. The van der Waals surface area contributed by atoms with Gasteiger partial charge in [-0.15, -0.1) is 0 Å². The smallest absolute Gasteiger partial charge is 0.319 e. The molecule has 0 aromatic heterocycles. The molecule has 3 amide bonds. The second-order valence-electron chi connectivity index (χ2n) is 8.70. The van der Waals surface area contributed by atoms with E-state index in [1.165, 1.54) is 12.8 Å². The van der Waals surface area contributed by atoms with Gasteiger partial charge in [-0.1, -0.05) is 18.2 Å². The number of rotatable bonds is 5. The maximum Gasteiger partial charge on any atom is 0.319 e. The Morgan fingerprint density at radius 3 is 2.48 bits per heavy atom. The fourth-order valence-corrected chi connectivity index (χ4v) is 5.15. The molecule has 0 radical (unpaired) electrons. The number of fused-ring (bicyclic) bond motifs is 3. The fraction of sp³-hybridized carbons (Fsp3) is 0.636. The zero-order valence-corrected chi connectivity index (χ0v) is 17.3. The molecule has 1 aromatic carbocycles. The highest BCUT2D eigenvalue weighted by Crippen LogP contribution is 2.36. The van der Waals surface area contributed by atoms with Gasteiger partial charge in [0.05, 0.1) is 0 Å². The molecule has 1 unspecified atom stereocenters. The number of piperazine rings is 1. The van der Waals surface area contributed by atoms with Gasteiger partial charge in [-0.05, 0) is 43.4 Å². The molecule has 0 saturated carbocycles. The Morgan fingerprint density at radius 1 is 1.07 bits per heavy atom. The number of carbonyl (C=O) groups is 2. The van der Waals surface area contributed by atoms with Crippen LogP contribution in [0, 0.1) is 11.8 Å². The molecule has 4 aliphatic rings. The van der Waals surface area contributed by atoms with Crippen LogP contribution >= 0.6 is 0 Å². The van der Waals surface area contributed by atoms with Gasteiger partial charge in [-0.3, -0.25) is 14.6 Å². The van der Waals surface area contributed by atoms with E-state index in [1.54, 1.807) is 6.92 Å². The van der Waals surface area contributed by atoms with E-state index in [4.69, 9.17) is 0 Å². The quantitative estimate of drug-likeness (QED) is 0.791. The molecule has 2 N–H and O–H groups in total. The number of para-hydroxylation sites is 1. The Morgan fingerprint density at radius 2 is 1.83 bits per heavy atom. The summed E-state index contributed by atoms with van der Waals surface area (Å²) in [4.78, 5) is 30.8. The van der Waals surface area contributed by atoms with Crippen LogP contribution in [0.4, 0.5) is 10.5 Å². The molecule has 0 aliphatic carbocycles. The molecule has 29 heavy (non-hydrogen) atoms. The minimum Gasteiger partial charge on any atom is -0.340 e. The van der Waals surface area contributed by atoms with Crippen molar-refractivity contribution in [3.63, 3.8) is 0 Å². The van der Waals surface area contributed by atoms with Crippen LogP contribution in [-0.4, -0.2) is 85.0 Å². The van der Waals surface area contributed by atoms with Gasteiger partial charge in [0.25, 0.3) is 0 Å². The van der Waals surface area contributed by atoms with E-state index in [-0.39, 0.29) is 11.9 Å². The summed E-state index contributed by atoms with van der Waals surface area (Å²) in [5, 5.41) is 5.95. The Kier molecular flexibility index (Phi) is 6.35. The highest BCUT2D eigenvalue weighted by atomic mass is 16.2. The maximum absolute atomic E-state index is 12.2. The second kappa shape index (κ2) is 9.13. The monoisotopic (exact) mass is 399 g/mol. The molecule has 4 fully saturated rings. The van der Waals surface area contributed by atoms with Crippen molar-refractivity contribution in [3.8, 4) is 0 Å². The number of urea groups is 1.